The van der Waals surface area contributed by atoms with Crippen LogP contribution in [0.25, 0.3) is 0 Å². The molecule has 0 radical (unpaired) electrons. The summed E-state index contributed by atoms with van der Waals surface area (Å²) in [5.74, 6) is -0.00439. The molecule has 5 heteroatoms. The molecule has 0 bridgehead atoms. The molecular weight excluding hydrogens is 208 g/mol. The number of aliphatic hydroxyl groups is 1. The minimum absolute atomic E-state index is 0.0351. The molecule has 0 aliphatic carbocycles. The zero-order valence-corrected chi connectivity index (χ0v) is 9.90. The van der Waals surface area contributed by atoms with Gasteiger partial charge in [-0.2, -0.15) is 0 Å². The lowest BCUT2D eigenvalue weighted by Gasteiger charge is -2.20. The Labute approximate surface area is 95.8 Å². The van der Waals surface area contributed by atoms with Crippen molar-refractivity contribution >= 4 is 11.8 Å². The van der Waals surface area contributed by atoms with E-state index in [0.29, 0.717) is 32.2 Å². The molecule has 1 aliphatic heterocycles. The largest absolute Gasteiger partial charge is 0.391 e. The first-order chi connectivity index (χ1) is 7.54. The summed E-state index contributed by atoms with van der Waals surface area (Å²) in [6.07, 6.45) is 1.59. The second-order valence-electron chi connectivity index (χ2n) is 4.31. The molecule has 16 heavy (non-hydrogen) atoms. The molecule has 0 aromatic rings. The van der Waals surface area contributed by atoms with Crippen molar-refractivity contribution in [3.05, 3.63) is 0 Å². The van der Waals surface area contributed by atoms with Crippen LogP contribution in [-0.4, -0.2) is 47.6 Å². The molecule has 2 atom stereocenters. The molecule has 1 heterocycles. The highest BCUT2D eigenvalue weighted by molar-refractivity contribution is 5.79. The smallest absolute Gasteiger partial charge is 0.222 e. The van der Waals surface area contributed by atoms with E-state index in [1.165, 1.54) is 0 Å². The summed E-state index contributed by atoms with van der Waals surface area (Å²) in [5, 5.41) is 11.9. The van der Waals surface area contributed by atoms with Crippen LogP contribution < -0.4 is 5.32 Å². The lowest BCUT2D eigenvalue weighted by molar-refractivity contribution is -0.132. The van der Waals surface area contributed by atoms with Gasteiger partial charge in [0.05, 0.1) is 6.10 Å². The summed E-state index contributed by atoms with van der Waals surface area (Å²) >= 11 is 0. The number of nitrogens with zero attached hydrogens (tertiary/aromatic N) is 1. The van der Waals surface area contributed by atoms with Gasteiger partial charge in [0.2, 0.25) is 11.8 Å². The van der Waals surface area contributed by atoms with Crippen molar-refractivity contribution in [1.29, 1.82) is 0 Å². The van der Waals surface area contributed by atoms with Crippen LogP contribution in [0, 0.1) is 0 Å². The predicted molar refractivity (Wildman–Crippen MR) is 59.7 cm³/mol. The SMILES string of the molecule is CNC(=O)CCCC(=O)N1CC(O)CC1C. The van der Waals surface area contributed by atoms with Crippen LogP contribution in [0.15, 0.2) is 0 Å². The van der Waals surface area contributed by atoms with Crippen molar-refractivity contribution in [2.24, 2.45) is 0 Å². The number of amides is 2. The van der Waals surface area contributed by atoms with E-state index < -0.39 is 6.10 Å². The van der Waals surface area contributed by atoms with E-state index in [1.54, 1.807) is 11.9 Å². The summed E-state index contributed by atoms with van der Waals surface area (Å²) in [6.45, 7) is 2.37. The summed E-state index contributed by atoms with van der Waals surface area (Å²) in [6, 6.07) is 0.113. The lowest BCUT2D eigenvalue weighted by Crippen LogP contribution is -2.34. The summed E-state index contributed by atoms with van der Waals surface area (Å²) in [5.41, 5.74) is 0. The number of β-amino-alcohol motifs (C(OH)–C–C–N with tert-alkyl or cyclic N) is 1. The Morgan fingerprint density at radius 1 is 1.44 bits per heavy atom. The number of aliphatic hydroxyl groups excluding tert-OH is 1. The quantitative estimate of drug-likeness (QED) is 0.705. The van der Waals surface area contributed by atoms with Gasteiger partial charge >= 0.3 is 0 Å². The molecule has 1 saturated heterocycles. The van der Waals surface area contributed by atoms with E-state index in [-0.39, 0.29) is 17.9 Å². The fraction of sp³-hybridized carbons (Fsp3) is 0.818. The minimum atomic E-state index is -0.391. The summed E-state index contributed by atoms with van der Waals surface area (Å²) < 4.78 is 0. The topological polar surface area (TPSA) is 69.6 Å². The molecule has 0 aromatic carbocycles. The van der Waals surface area contributed by atoms with Gasteiger partial charge in [-0.05, 0) is 19.8 Å². The molecule has 92 valence electrons. The number of carbonyl (C=O) groups excluding carboxylic acids is 2. The van der Waals surface area contributed by atoms with Gasteiger partial charge < -0.3 is 15.3 Å². The fourth-order valence-electron chi connectivity index (χ4n) is 2.02. The highest BCUT2D eigenvalue weighted by atomic mass is 16.3. The number of likely N-dealkylation sites (tertiary alicyclic amines) is 1. The highest BCUT2D eigenvalue weighted by Crippen LogP contribution is 2.18. The maximum Gasteiger partial charge on any atom is 0.222 e. The van der Waals surface area contributed by atoms with E-state index >= 15 is 0 Å². The molecule has 0 aromatic heterocycles. The second-order valence-corrected chi connectivity index (χ2v) is 4.31. The van der Waals surface area contributed by atoms with Crippen LogP contribution in [0.2, 0.25) is 0 Å². The highest BCUT2D eigenvalue weighted by Gasteiger charge is 2.30. The minimum Gasteiger partial charge on any atom is -0.391 e. The van der Waals surface area contributed by atoms with E-state index in [0.717, 1.165) is 0 Å². The van der Waals surface area contributed by atoms with E-state index in [9.17, 15) is 14.7 Å². The first-order valence-electron chi connectivity index (χ1n) is 5.72. The number of nitrogens with one attached hydrogen (secondary N) is 1. The van der Waals surface area contributed by atoms with E-state index in [4.69, 9.17) is 0 Å². The number of rotatable bonds is 4. The first-order valence-corrected chi connectivity index (χ1v) is 5.72. The molecular formula is C11H20N2O3. The molecule has 2 N–H and O–H groups in total. The van der Waals surface area contributed by atoms with E-state index in [2.05, 4.69) is 5.32 Å². The van der Waals surface area contributed by atoms with Gasteiger partial charge in [0.1, 0.15) is 0 Å². The van der Waals surface area contributed by atoms with Crippen molar-refractivity contribution in [2.45, 2.75) is 44.8 Å². The second kappa shape index (κ2) is 5.84. The molecule has 2 unspecified atom stereocenters. The third-order valence-electron chi connectivity index (χ3n) is 2.95. The number of hydrogen-bond donors (Lipinski definition) is 2. The molecule has 0 spiro atoms. The maximum atomic E-state index is 11.8. The third kappa shape index (κ3) is 3.48. The number of carbonyl (C=O) groups is 2. The average molecular weight is 228 g/mol. The van der Waals surface area contributed by atoms with Crippen molar-refractivity contribution in [1.82, 2.24) is 10.2 Å². The fourth-order valence-corrected chi connectivity index (χ4v) is 2.02. The van der Waals surface area contributed by atoms with Crippen molar-refractivity contribution < 1.29 is 14.7 Å². The Morgan fingerprint density at radius 2 is 2.12 bits per heavy atom. The third-order valence-corrected chi connectivity index (χ3v) is 2.95. The normalized spacial score (nSPS) is 24.6. The van der Waals surface area contributed by atoms with Crippen molar-refractivity contribution in [2.75, 3.05) is 13.6 Å². The Balaban J connectivity index is 2.27. The van der Waals surface area contributed by atoms with E-state index in [1.807, 2.05) is 6.92 Å². The standard InChI is InChI=1S/C11H20N2O3/c1-8-6-9(14)7-13(8)11(16)5-3-4-10(15)12-2/h8-9,14H,3-7H2,1-2H3,(H,12,15). The Hall–Kier alpha value is -1.10. The van der Waals surface area contributed by atoms with Crippen LogP contribution in [0.3, 0.4) is 0 Å². The Kier molecular flexibility index (Phi) is 4.73. The Morgan fingerprint density at radius 3 is 2.62 bits per heavy atom. The zero-order valence-electron chi connectivity index (χ0n) is 9.90. The average Bonchev–Trinajstić information content (AvgIpc) is 2.57. The monoisotopic (exact) mass is 228 g/mol. The Bertz CT molecular complexity index is 268. The predicted octanol–water partition coefficient (Wildman–Crippen LogP) is -0.116. The molecule has 1 aliphatic rings. The van der Waals surface area contributed by atoms with Gasteiger partial charge in [-0.3, -0.25) is 9.59 Å². The van der Waals surface area contributed by atoms with Crippen molar-refractivity contribution in [3.8, 4) is 0 Å². The van der Waals surface area contributed by atoms with Gasteiger partial charge in [0.15, 0.2) is 0 Å². The number of hydrogen-bond acceptors (Lipinski definition) is 3. The van der Waals surface area contributed by atoms with Gasteiger partial charge in [0.25, 0.3) is 0 Å². The van der Waals surface area contributed by atoms with Crippen LogP contribution in [0.1, 0.15) is 32.6 Å². The molecule has 1 fully saturated rings. The van der Waals surface area contributed by atoms with Gasteiger partial charge in [0, 0.05) is 32.5 Å². The molecule has 5 nitrogen and oxygen atoms in total. The maximum absolute atomic E-state index is 11.8. The summed E-state index contributed by atoms with van der Waals surface area (Å²) in [4.78, 5) is 24.4. The lowest BCUT2D eigenvalue weighted by atomic mass is 10.2. The van der Waals surface area contributed by atoms with Crippen LogP contribution in [-0.2, 0) is 9.59 Å². The van der Waals surface area contributed by atoms with Crippen molar-refractivity contribution in [3.63, 3.8) is 0 Å². The van der Waals surface area contributed by atoms with Gasteiger partial charge in [-0.1, -0.05) is 0 Å². The van der Waals surface area contributed by atoms with Gasteiger partial charge in [-0.15, -0.1) is 0 Å². The first kappa shape index (κ1) is 13.0. The van der Waals surface area contributed by atoms with Crippen LogP contribution in [0.4, 0.5) is 0 Å². The molecule has 0 saturated carbocycles. The summed E-state index contributed by atoms with van der Waals surface area (Å²) in [7, 11) is 1.59. The zero-order chi connectivity index (χ0) is 12.1. The molecule has 1 rings (SSSR count). The van der Waals surface area contributed by atoms with Crippen LogP contribution in [0.5, 0.6) is 0 Å². The molecule has 2 amide bonds. The van der Waals surface area contributed by atoms with Gasteiger partial charge in [-0.25, -0.2) is 0 Å². The van der Waals surface area contributed by atoms with Crippen LogP contribution >= 0.6 is 0 Å².